The van der Waals surface area contributed by atoms with Crippen molar-refractivity contribution >= 4 is 39.1 Å². The Morgan fingerprint density at radius 2 is 1.93 bits per heavy atom. The summed E-state index contributed by atoms with van der Waals surface area (Å²) in [5.41, 5.74) is 1.05. The quantitative estimate of drug-likeness (QED) is 0.609. The van der Waals surface area contributed by atoms with E-state index in [4.69, 9.17) is 5.11 Å². The zero-order valence-electron chi connectivity index (χ0n) is 16.6. The highest BCUT2D eigenvalue weighted by molar-refractivity contribution is 7.20. The van der Waals surface area contributed by atoms with Gasteiger partial charge in [-0.25, -0.2) is 4.98 Å². The van der Waals surface area contributed by atoms with Gasteiger partial charge in [0.2, 0.25) is 0 Å². The molecule has 0 aliphatic carbocycles. The van der Waals surface area contributed by atoms with Gasteiger partial charge in [-0.15, -0.1) is 11.3 Å². The molecule has 2 aromatic heterocycles. The Morgan fingerprint density at radius 1 is 1.24 bits per heavy atom. The number of carboxylic acid groups (broad SMARTS) is 1. The number of nitrogens with zero attached hydrogens (tertiary/aromatic N) is 2. The van der Waals surface area contributed by atoms with Crippen molar-refractivity contribution in [2.45, 2.75) is 46.1 Å². The van der Waals surface area contributed by atoms with Gasteiger partial charge in [-0.1, -0.05) is 32.0 Å². The highest BCUT2D eigenvalue weighted by Crippen LogP contribution is 2.29. The van der Waals surface area contributed by atoms with E-state index in [-0.39, 0.29) is 30.3 Å². The maximum Gasteiger partial charge on any atom is 0.303 e. The molecule has 152 valence electrons. The number of anilines is 1. The third-order valence-electron chi connectivity index (χ3n) is 4.61. The highest BCUT2D eigenvalue weighted by atomic mass is 32.1. The number of rotatable bonds is 7. The number of aromatic nitrogens is 2. The van der Waals surface area contributed by atoms with E-state index in [1.807, 2.05) is 32.0 Å². The second-order valence-corrected chi connectivity index (χ2v) is 8.13. The fourth-order valence-corrected chi connectivity index (χ4v) is 4.28. The smallest absolute Gasteiger partial charge is 0.303 e. The molecule has 8 heteroatoms. The minimum absolute atomic E-state index is 0.0130. The number of hydrogen-bond acceptors (Lipinski definition) is 5. The Kier molecular flexibility index (Phi) is 6.12. The van der Waals surface area contributed by atoms with Gasteiger partial charge < -0.3 is 10.4 Å². The number of amides is 1. The maximum atomic E-state index is 13.2. The lowest BCUT2D eigenvalue weighted by molar-refractivity contribution is -0.137. The highest BCUT2D eigenvalue weighted by Gasteiger charge is 2.22. The molecule has 0 unspecified atom stereocenters. The number of aliphatic carboxylic acids is 1. The number of carbonyl (C=O) groups is 2. The van der Waals surface area contributed by atoms with Gasteiger partial charge in [-0.3, -0.25) is 19.0 Å². The lowest BCUT2D eigenvalue weighted by atomic mass is 10.1. The minimum atomic E-state index is -0.898. The number of benzene rings is 1. The average molecular weight is 413 g/mol. The van der Waals surface area contributed by atoms with Gasteiger partial charge in [0.1, 0.15) is 10.7 Å². The van der Waals surface area contributed by atoms with E-state index in [0.717, 1.165) is 0 Å². The van der Waals surface area contributed by atoms with Crippen LogP contribution in [0.15, 0.2) is 35.1 Å². The number of nitrogens with one attached hydrogen (secondary N) is 1. The molecule has 0 bridgehead atoms. The molecule has 1 amide bonds. The van der Waals surface area contributed by atoms with E-state index in [1.54, 1.807) is 23.6 Å². The van der Waals surface area contributed by atoms with Crippen molar-refractivity contribution in [3.8, 4) is 0 Å². The molecule has 29 heavy (non-hydrogen) atoms. The molecule has 0 atom stereocenters. The third-order valence-corrected chi connectivity index (χ3v) is 5.79. The molecule has 0 spiro atoms. The fourth-order valence-electron chi connectivity index (χ4n) is 3.20. The van der Waals surface area contributed by atoms with Gasteiger partial charge in [0.25, 0.3) is 11.5 Å². The predicted octanol–water partition coefficient (Wildman–Crippen LogP) is 4.01. The molecule has 3 rings (SSSR count). The van der Waals surface area contributed by atoms with Gasteiger partial charge in [0.15, 0.2) is 0 Å². The molecule has 2 heterocycles. The topological polar surface area (TPSA) is 101 Å². The van der Waals surface area contributed by atoms with E-state index in [1.165, 1.54) is 11.3 Å². The van der Waals surface area contributed by atoms with E-state index in [2.05, 4.69) is 10.3 Å². The molecular weight excluding hydrogens is 390 g/mol. The summed E-state index contributed by atoms with van der Waals surface area (Å²) in [4.78, 5) is 42.4. The van der Waals surface area contributed by atoms with Crippen LogP contribution in [0.25, 0.3) is 10.2 Å². The van der Waals surface area contributed by atoms with Crippen LogP contribution >= 0.6 is 11.3 Å². The van der Waals surface area contributed by atoms with Crippen molar-refractivity contribution in [1.29, 1.82) is 0 Å². The lowest BCUT2D eigenvalue weighted by Crippen LogP contribution is -2.26. The number of thiophene rings is 1. The Balaban J connectivity index is 2.04. The van der Waals surface area contributed by atoms with Gasteiger partial charge in [-0.2, -0.15) is 0 Å². The predicted molar refractivity (Wildman–Crippen MR) is 114 cm³/mol. The molecule has 3 aromatic rings. The summed E-state index contributed by atoms with van der Waals surface area (Å²) in [5, 5.41) is 12.2. The minimum Gasteiger partial charge on any atom is -0.481 e. The van der Waals surface area contributed by atoms with Gasteiger partial charge in [0.05, 0.1) is 10.3 Å². The van der Waals surface area contributed by atoms with E-state index >= 15 is 0 Å². The second kappa shape index (κ2) is 8.57. The molecule has 1 aromatic carbocycles. The molecule has 0 radical (unpaired) electrons. The Morgan fingerprint density at radius 3 is 2.55 bits per heavy atom. The van der Waals surface area contributed by atoms with Gasteiger partial charge >= 0.3 is 5.97 Å². The van der Waals surface area contributed by atoms with Crippen LogP contribution in [0.5, 0.6) is 0 Å². The van der Waals surface area contributed by atoms with Crippen molar-refractivity contribution in [3.63, 3.8) is 0 Å². The maximum absolute atomic E-state index is 13.2. The summed E-state index contributed by atoms with van der Waals surface area (Å²) in [7, 11) is 0. The summed E-state index contributed by atoms with van der Waals surface area (Å²) in [5.74, 6) is -0.588. The summed E-state index contributed by atoms with van der Waals surface area (Å²) in [6, 6.07) is 9.13. The fraction of sp³-hybridized carbons (Fsp3) is 0.333. The number of fused-ring (bicyclic) bond motifs is 1. The normalized spacial score (nSPS) is 11.2. The van der Waals surface area contributed by atoms with Crippen LogP contribution < -0.4 is 10.9 Å². The zero-order chi connectivity index (χ0) is 21.1. The summed E-state index contributed by atoms with van der Waals surface area (Å²) in [6.45, 7) is 5.90. The first-order chi connectivity index (χ1) is 13.8. The van der Waals surface area contributed by atoms with Gasteiger partial charge in [0, 0.05) is 24.6 Å². The average Bonchev–Trinajstić information content (AvgIpc) is 3.00. The Labute approximate surface area is 172 Å². The van der Waals surface area contributed by atoms with Crippen LogP contribution in [-0.4, -0.2) is 26.5 Å². The number of carboxylic acids is 1. The van der Waals surface area contributed by atoms with Crippen molar-refractivity contribution in [2.75, 3.05) is 5.32 Å². The van der Waals surface area contributed by atoms with Crippen LogP contribution in [0.2, 0.25) is 0 Å². The summed E-state index contributed by atoms with van der Waals surface area (Å²) < 4.78 is 1.55. The monoisotopic (exact) mass is 413 g/mol. The van der Waals surface area contributed by atoms with Crippen LogP contribution in [0.3, 0.4) is 0 Å². The number of carbonyl (C=O) groups excluding carboxylic acids is 1. The first-order valence-electron chi connectivity index (χ1n) is 9.41. The van der Waals surface area contributed by atoms with E-state index < -0.39 is 5.97 Å². The Bertz CT molecular complexity index is 1120. The number of para-hydroxylation sites is 1. The third kappa shape index (κ3) is 4.37. The molecule has 0 aliphatic heterocycles. The molecule has 2 N–H and O–H groups in total. The molecule has 7 nitrogen and oxygen atoms in total. The lowest BCUT2D eigenvalue weighted by Gasteiger charge is -2.14. The largest absolute Gasteiger partial charge is 0.481 e. The Hall–Kier alpha value is -3.00. The SMILES string of the molecule is Cc1c(C(=O)Nc2ccccc2)sc2nc(C(C)C)n(CCCC(=O)O)c(=O)c12. The molecule has 0 saturated heterocycles. The molecule has 0 aliphatic rings. The van der Waals surface area contributed by atoms with Crippen LogP contribution in [-0.2, 0) is 11.3 Å². The molecular formula is C21H23N3O4S. The van der Waals surface area contributed by atoms with Crippen molar-refractivity contribution < 1.29 is 14.7 Å². The van der Waals surface area contributed by atoms with Crippen LogP contribution in [0.4, 0.5) is 5.69 Å². The summed E-state index contributed by atoms with van der Waals surface area (Å²) in [6.07, 6.45) is 0.321. The second-order valence-electron chi connectivity index (χ2n) is 7.14. The molecule has 0 saturated carbocycles. The standard InChI is InChI=1S/C21H23N3O4S/c1-12(2)18-23-20-16(21(28)24(18)11-7-10-15(25)26)13(3)17(29-20)19(27)22-14-8-5-4-6-9-14/h4-6,8-9,12H,7,10-11H2,1-3H3,(H,22,27)(H,25,26). The van der Waals surface area contributed by atoms with E-state index in [0.29, 0.717) is 38.6 Å². The first-order valence-corrected chi connectivity index (χ1v) is 10.2. The van der Waals surface area contributed by atoms with Crippen LogP contribution in [0, 0.1) is 6.92 Å². The van der Waals surface area contributed by atoms with Crippen LogP contribution in [0.1, 0.15) is 53.7 Å². The number of hydrogen-bond donors (Lipinski definition) is 2. The summed E-state index contributed by atoms with van der Waals surface area (Å²) >= 11 is 1.20. The van der Waals surface area contributed by atoms with Crippen molar-refractivity contribution in [2.24, 2.45) is 0 Å². The zero-order valence-corrected chi connectivity index (χ0v) is 17.4. The first kappa shape index (κ1) is 20.7. The van der Waals surface area contributed by atoms with E-state index in [9.17, 15) is 14.4 Å². The van der Waals surface area contributed by atoms with Crippen molar-refractivity contribution in [1.82, 2.24) is 9.55 Å². The van der Waals surface area contributed by atoms with Crippen molar-refractivity contribution in [3.05, 3.63) is 57.0 Å². The van der Waals surface area contributed by atoms with Gasteiger partial charge in [-0.05, 0) is 31.0 Å². The molecule has 0 fully saturated rings. The number of aryl methyl sites for hydroxylation is 1.